The first-order valence-corrected chi connectivity index (χ1v) is 6.52. The predicted molar refractivity (Wildman–Crippen MR) is 72.8 cm³/mol. The molecule has 1 aliphatic rings. The highest BCUT2D eigenvalue weighted by Crippen LogP contribution is 2.53. The van der Waals surface area contributed by atoms with E-state index in [1.807, 2.05) is 0 Å². The summed E-state index contributed by atoms with van der Waals surface area (Å²) in [6.45, 7) is 3.93. The molecule has 8 nitrogen and oxygen atoms in total. The summed E-state index contributed by atoms with van der Waals surface area (Å²) in [5, 5.41) is 29.9. The van der Waals surface area contributed by atoms with Crippen LogP contribution in [-0.2, 0) is 10.5 Å². The minimum atomic E-state index is -2.25. The molecular weight excluding hydrogens is 295 g/mol. The van der Waals surface area contributed by atoms with Gasteiger partial charge in [0.1, 0.15) is 11.7 Å². The molecular formula is C13H17FN4O4. The van der Waals surface area contributed by atoms with Gasteiger partial charge in [-0.2, -0.15) is 10.2 Å². The second kappa shape index (κ2) is 4.74. The van der Waals surface area contributed by atoms with Crippen LogP contribution in [0.5, 0.6) is 0 Å². The molecule has 0 saturated carbocycles. The first kappa shape index (κ1) is 16.4. The topological polar surface area (TPSA) is 134 Å². The Morgan fingerprint density at radius 2 is 2.18 bits per heavy atom. The van der Waals surface area contributed by atoms with Gasteiger partial charge in [0, 0.05) is 5.41 Å². The number of aliphatic hydroxyl groups is 2. The summed E-state index contributed by atoms with van der Waals surface area (Å²) in [5.74, 6) is -1.65. The minimum absolute atomic E-state index is 0.494. The van der Waals surface area contributed by atoms with Gasteiger partial charge in [-0.15, -0.1) is 0 Å². The third kappa shape index (κ3) is 1.78. The summed E-state index contributed by atoms with van der Waals surface area (Å²) >= 11 is 0. The standard InChI is InChI=1S/C13H17FN4O4/c1-11(2)8(5-19)22-13(6-15,12(11,3)21)18-4-7(14)9(16)17-10(18)20/h4,8,19,21H,5H2,1-3H3,(H2,16,17,20)/t8-,12-,13-/m1/s1. The SMILES string of the molecule is CC1(C)[C@@H](CO)O[C@@](C#N)(n2cc(F)c(N)nc2=O)[C@]1(C)O. The van der Waals surface area contributed by atoms with E-state index < -0.39 is 46.8 Å². The molecule has 0 spiro atoms. The monoisotopic (exact) mass is 312 g/mol. The van der Waals surface area contributed by atoms with Crippen molar-refractivity contribution in [1.29, 1.82) is 5.26 Å². The largest absolute Gasteiger partial charge is 0.394 e. The van der Waals surface area contributed by atoms with Crippen molar-refractivity contribution in [3.05, 3.63) is 22.5 Å². The number of rotatable bonds is 2. The number of nitriles is 1. The molecule has 4 N–H and O–H groups in total. The van der Waals surface area contributed by atoms with Crippen molar-refractivity contribution in [3.63, 3.8) is 0 Å². The van der Waals surface area contributed by atoms with Crippen molar-refractivity contribution >= 4 is 5.82 Å². The molecule has 2 rings (SSSR count). The molecule has 0 radical (unpaired) electrons. The zero-order chi connectivity index (χ0) is 16.9. The third-order valence-electron chi connectivity index (χ3n) is 4.60. The lowest BCUT2D eigenvalue weighted by Crippen LogP contribution is -2.58. The van der Waals surface area contributed by atoms with Gasteiger partial charge in [-0.1, -0.05) is 13.8 Å². The van der Waals surface area contributed by atoms with E-state index in [4.69, 9.17) is 10.5 Å². The van der Waals surface area contributed by atoms with Crippen molar-refractivity contribution in [3.8, 4) is 6.07 Å². The van der Waals surface area contributed by atoms with E-state index in [0.29, 0.717) is 10.8 Å². The summed E-state index contributed by atoms with van der Waals surface area (Å²) in [4.78, 5) is 15.3. The van der Waals surface area contributed by atoms with Gasteiger partial charge < -0.3 is 20.7 Å². The first-order valence-electron chi connectivity index (χ1n) is 6.52. The van der Waals surface area contributed by atoms with E-state index in [9.17, 15) is 24.7 Å². The molecule has 0 aliphatic carbocycles. The Morgan fingerprint density at radius 3 is 2.64 bits per heavy atom. The van der Waals surface area contributed by atoms with Crippen LogP contribution < -0.4 is 11.4 Å². The van der Waals surface area contributed by atoms with Gasteiger partial charge in [0.05, 0.1) is 18.9 Å². The average Bonchev–Trinajstić information content (AvgIpc) is 2.59. The first-order chi connectivity index (χ1) is 10.0. The number of nitrogen functional groups attached to an aromatic ring is 1. The molecule has 2 heterocycles. The van der Waals surface area contributed by atoms with Crippen LogP contribution in [0.3, 0.4) is 0 Å². The number of nitrogens with zero attached hydrogens (tertiary/aromatic N) is 3. The molecule has 0 unspecified atom stereocenters. The zero-order valence-electron chi connectivity index (χ0n) is 12.4. The van der Waals surface area contributed by atoms with E-state index in [2.05, 4.69) is 4.98 Å². The lowest BCUT2D eigenvalue weighted by molar-refractivity contribution is -0.152. The summed E-state index contributed by atoms with van der Waals surface area (Å²) in [7, 11) is 0. The van der Waals surface area contributed by atoms with Gasteiger partial charge in [0.25, 0.3) is 5.72 Å². The second-order valence-corrected chi connectivity index (χ2v) is 5.97. The molecule has 1 saturated heterocycles. The van der Waals surface area contributed by atoms with Crippen molar-refractivity contribution in [2.24, 2.45) is 5.41 Å². The number of hydrogen-bond acceptors (Lipinski definition) is 7. The lowest BCUT2D eigenvalue weighted by atomic mass is 9.70. The Balaban J connectivity index is 2.78. The van der Waals surface area contributed by atoms with Gasteiger partial charge in [-0.3, -0.25) is 4.57 Å². The molecule has 1 aliphatic heterocycles. The second-order valence-electron chi connectivity index (χ2n) is 5.97. The summed E-state index contributed by atoms with van der Waals surface area (Å²) < 4.78 is 19.8. The van der Waals surface area contributed by atoms with Crippen LogP contribution in [0.4, 0.5) is 10.2 Å². The molecule has 1 fully saturated rings. The van der Waals surface area contributed by atoms with Crippen molar-refractivity contribution in [1.82, 2.24) is 9.55 Å². The van der Waals surface area contributed by atoms with Crippen LogP contribution in [0.2, 0.25) is 0 Å². The van der Waals surface area contributed by atoms with E-state index in [1.165, 1.54) is 6.92 Å². The molecule has 120 valence electrons. The molecule has 0 bridgehead atoms. The van der Waals surface area contributed by atoms with E-state index in [-0.39, 0.29) is 0 Å². The number of aromatic nitrogens is 2. The van der Waals surface area contributed by atoms with Crippen LogP contribution in [0.15, 0.2) is 11.0 Å². The van der Waals surface area contributed by atoms with Gasteiger partial charge >= 0.3 is 5.69 Å². The highest BCUT2D eigenvalue weighted by Gasteiger charge is 2.69. The van der Waals surface area contributed by atoms with Gasteiger partial charge in [0.15, 0.2) is 11.6 Å². The van der Waals surface area contributed by atoms with E-state index >= 15 is 0 Å². The Labute approximate surface area is 125 Å². The smallest absolute Gasteiger partial charge is 0.352 e. The van der Waals surface area contributed by atoms with Crippen LogP contribution in [0.25, 0.3) is 0 Å². The maximum absolute atomic E-state index is 13.7. The maximum atomic E-state index is 13.7. The number of anilines is 1. The molecule has 9 heteroatoms. The van der Waals surface area contributed by atoms with Crippen molar-refractivity contribution in [2.45, 2.75) is 38.2 Å². The number of ether oxygens (including phenoxy) is 1. The maximum Gasteiger partial charge on any atom is 0.352 e. The quantitative estimate of drug-likeness (QED) is 0.658. The van der Waals surface area contributed by atoms with Crippen molar-refractivity contribution in [2.75, 3.05) is 12.3 Å². The van der Waals surface area contributed by atoms with Gasteiger partial charge in [-0.05, 0) is 6.92 Å². The minimum Gasteiger partial charge on any atom is -0.394 e. The molecule has 1 aromatic heterocycles. The van der Waals surface area contributed by atoms with E-state index in [0.717, 1.165) is 0 Å². The number of nitrogens with two attached hydrogens (primary N) is 1. The summed E-state index contributed by atoms with van der Waals surface area (Å²) in [6, 6.07) is 1.72. The number of hydrogen-bond donors (Lipinski definition) is 3. The Morgan fingerprint density at radius 1 is 1.59 bits per heavy atom. The highest BCUT2D eigenvalue weighted by molar-refractivity contribution is 5.29. The number of halogens is 1. The molecule has 0 amide bonds. The average molecular weight is 312 g/mol. The van der Waals surface area contributed by atoms with Gasteiger partial charge in [0.2, 0.25) is 0 Å². The third-order valence-corrected chi connectivity index (χ3v) is 4.60. The van der Waals surface area contributed by atoms with Crippen LogP contribution in [-0.4, -0.2) is 38.1 Å². The Bertz CT molecular complexity index is 709. The summed E-state index contributed by atoms with van der Waals surface area (Å²) in [5.41, 5.74) is -1.10. The fourth-order valence-electron chi connectivity index (χ4n) is 2.63. The van der Waals surface area contributed by atoms with Gasteiger partial charge in [-0.25, -0.2) is 9.18 Å². The molecule has 0 aromatic carbocycles. The fraction of sp³-hybridized carbons (Fsp3) is 0.615. The normalized spacial score (nSPS) is 33.6. The molecule has 1 aromatic rings. The van der Waals surface area contributed by atoms with Crippen LogP contribution in [0.1, 0.15) is 20.8 Å². The van der Waals surface area contributed by atoms with E-state index in [1.54, 1.807) is 19.9 Å². The lowest BCUT2D eigenvalue weighted by Gasteiger charge is -2.40. The molecule has 22 heavy (non-hydrogen) atoms. The summed E-state index contributed by atoms with van der Waals surface area (Å²) in [6.07, 6.45) is -0.285. The highest BCUT2D eigenvalue weighted by atomic mass is 19.1. The van der Waals surface area contributed by atoms with Crippen LogP contribution >= 0.6 is 0 Å². The number of aliphatic hydroxyl groups excluding tert-OH is 1. The van der Waals surface area contributed by atoms with Crippen molar-refractivity contribution < 1.29 is 19.3 Å². The predicted octanol–water partition coefficient (Wildman–Crippen LogP) is -0.691. The Hall–Kier alpha value is -2.02. The Kier molecular flexibility index (Phi) is 3.52. The molecule has 3 atom stereocenters. The van der Waals surface area contributed by atoms with Crippen LogP contribution in [0, 0.1) is 22.6 Å². The fourth-order valence-corrected chi connectivity index (χ4v) is 2.63. The zero-order valence-corrected chi connectivity index (χ0v) is 12.4.